The molecule has 0 saturated heterocycles. The Labute approximate surface area is 278 Å². The fraction of sp³-hybridized carbons (Fsp3) is 0.205. The van der Waals surface area contributed by atoms with Gasteiger partial charge >= 0.3 is 6.01 Å². The van der Waals surface area contributed by atoms with E-state index in [1.807, 2.05) is 84.9 Å². The SMILES string of the molecule is CCN(CC)c1cccc(Oc2nc3c(c(=O)n2-c2ccc(Cl)cc2)C(c2ccccc2)C2=C(CC(c4ccccc4)CC2=O)O3)c1. The molecule has 1 aliphatic heterocycles. The zero-order valence-corrected chi connectivity index (χ0v) is 27.0. The van der Waals surface area contributed by atoms with Crippen molar-refractivity contribution in [3.05, 3.63) is 153 Å². The number of halogens is 1. The highest BCUT2D eigenvalue weighted by atomic mass is 35.5. The fourth-order valence-electron chi connectivity index (χ4n) is 6.66. The molecule has 7 rings (SSSR count). The number of carbonyl (C=O) groups is 1. The Bertz CT molecular complexity index is 2020. The Kier molecular flexibility index (Phi) is 8.39. The van der Waals surface area contributed by atoms with E-state index < -0.39 is 5.92 Å². The van der Waals surface area contributed by atoms with Gasteiger partial charge in [0.15, 0.2) is 5.78 Å². The highest BCUT2D eigenvalue weighted by Gasteiger charge is 2.43. The highest BCUT2D eigenvalue weighted by Crippen LogP contribution is 2.48. The molecule has 0 bridgehead atoms. The lowest BCUT2D eigenvalue weighted by Crippen LogP contribution is -2.35. The van der Waals surface area contributed by atoms with Crippen molar-refractivity contribution in [2.75, 3.05) is 18.0 Å². The summed E-state index contributed by atoms with van der Waals surface area (Å²) in [5, 5.41) is 0.531. The van der Waals surface area contributed by atoms with Crippen molar-refractivity contribution < 1.29 is 14.3 Å². The van der Waals surface area contributed by atoms with E-state index >= 15 is 0 Å². The summed E-state index contributed by atoms with van der Waals surface area (Å²) >= 11 is 6.25. The molecular weight excluding hydrogens is 610 g/mol. The summed E-state index contributed by atoms with van der Waals surface area (Å²) in [6, 6.07) is 34.3. The molecule has 0 saturated carbocycles. The van der Waals surface area contributed by atoms with Gasteiger partial charge in [-0.1, -0.05) is 78.3 Å². The average molecular weight is 644 g/mol. The van der Waals surface area contributed by atoms with Crippen molar-refractivity contribution >= 4 is 23.1 Å². The molecule has 0 spiro atoms. The van der Waals surface area contributed by atoms with E-state index in [-0.39, 0.29) is 29.2 Å². The molecule has 4 aromatic carbocycles. The smallest absolute Gasteiger partial charge is 0.312 e. The zero-order valence-electron chi connectivity index (χ0n) is 26.2. The number of rotatable bonds is 8. The van der Waals surface area contributed by atoms with Crippen molar-refractivity contribution in [1.82, 2.24) is 9.55 Å². The van der Waals surface area contributed by atoms with E-state index in [9.17, 15) is 9.59 Å². The predicted octanol–water partition coefficient (Wildman–Crippen LogP) is 8.45. The summed E-state index contributed by atoms with van der Waals surface area (Å²) in [5.41, 5.74) is 3.83. The van der Waals surface area contributed by atoms with Crippen molar-refractivity contribution in [2.45, 2.75) is 38.5 Å². The first-order chi connectivity index (χ1) is 22.9. The third kappa shape index (κ3) is 5.83. The van der Waals surface area contributed by atoms with E-state index in [0.717, 1.165) is 29.9 Å². The molecule has 2 atom stereocenters. The molecule has 2 heterocycles. The van der Waals surface area contributed by atoms with Gasteiger partial charge in [-0.15, -0.1) is 0 Å². The van der Waals surface area contributed by atoms with Gasteiger partial charge in [0, 0.05) is 48.3 Å². The third-order valence-corrected chi connectivity index (χ3v) is 9.21. The van der Waals surface area contributed by atoms with E-state index in [0.29, 0.717) is 46.2 Å². The lowest BCUT2D eigenvalue weighted by molar-refractivity contribution is -0.117. The van der Waals surface area contributed by atoms with Crippen LogP contribution in [0.25, 0.3) is 5.69 Å². The minimum atomic E-state index is -0.655. The second-order valence-corrected chi connectivity index (χ2v) is 12.2. The van der Waals surface area contributed by atoms with Crippen LogP contribution in [0, 0.1) is 0 Å². The molecule has 236 valence electrons. The van der Waals surface area contributed by atoms with E-state index in [4.69, 9.17) is 26.1 Å². The number of hydrogen-bond donors (Lipinski definition) is 0. The quantitative estimate of drug-likeness (QED) is 0.169. The van der Waals surface area contributed by atoms with Crippen LogP contribution in [0.5, 0.6) is 17.6 Å². The van der Waals surface area contributed by atoms with Crippen molar-refractivity contribution in [1.29, 1.82) is 0 Å². The second kappa shape index (κ2) is 12.9. The number of hydrogen-bond acceptors (Lipinski definition) is 6. The maximum Gasteiger partial charge on any atom is 0.312 e. The van der Waals surface area contributed by atoms with Crippen LogP contribution in [0.15, 0.2) is 125 Å². The Morgan fingerprint density at radius 3 is 2.21 bits per heavy atom. The number of benzene rings is 4. The Hall–Kier alpha value is -5.14. The molecule has 2 unspecified atom stereocenters. The van der Waals surface area contributed by atoms with Gasteiger partial charge in [0.2, 0.25) is 5.88 Å². The average Bonchev–Trinajstić information content (AvgIpc) is 3.09. The van der Waals surface area contributed by atoms with Crippen molar-refractivity contribution in [2.24, 2.45) is 0 Å². The maximum absolute atomic E-state index is 14.8. The van der Waals surface area contributed by atoms with Crippen LogP contribution in [0.4, 0.5) is 5.69 Å². The summed E-state index contributed by atoms with van der Waals surface area (Å²) in [6.45, 7) is 5.87. The van der Waals surface area contributed by atoms with E-state index in [1.165, 1.54) is 4.57 Å². The molecule has 2 aliphatic rings. The lowest BCUT2D eigenvalue weighted by Gasteiger charge is -2.35. The molecule has 7 nitrogen and oxygen atoms in total. The molecule has 47 heavy (non-hydrogen) atoms. The molecular formula is C39H34ClN3O4. The monoisotopic (exact) mass is 643 g/mol. The number of Topliss-reactive ketones (excluding diaryl/α,β-unsaturated/α-hetero) is 1. The van der Waals surface area contributed by atoms with Gasteiger partial charge in [-0.2, -0.15) is 4.98 Å². The number of fused-ring (bicyclic) bond motifs is 1. The van der Waals surface area contributed by atoms with Gasteiger partial charge < -0.3 is 14.4 Å². The van der Waals surface area contributed by atoms with Crippen molar-refractivity contribution in [3.8, 4) is 23.3 Å². The third-order valence-electron chi connectivity index (χ3n) is 8.96. The molecule has 0 radical (unpaired) electrons. The summed E-state index contributed by atoms with van der Waals surface area (Å²) in [6.07, 6.45) is 0.839. The van der Waals surface area contributed by atoms with Gasteiger partial charge in [0.25, 0.3) is 5.56 Å². The van der Waals surface area contributed by atoms with Gasteiger partial charge in [-0.25, -0.2) is 4.57 Å². The van der Waals surface area contributed by atoms with E-state index in [1.54, 1.807) is 24.3 Å². The van der Waals surface area contributed by atoms with Crippen molar-refractivity contribution in [3.63, 3.8) is 0 Å². The fourth-order valence-corrected chi connectivity index (χ4v) is 6.79. The first-order valence-electron chi connectivity index (χ1n) is 15.9. The molecule has 0 N–H and O–H groups in total. The largest absolute Gasteiger partial charge is 0.442 e. The summed E-state index contributed by atoms with van der Waals surface area (Å²) in [5.74, 6) is 0.472. The van der Waals surface area contributed by atoms with Crippen LogP contribution in [-0.2, 0) is 4.79 Å². The number of allylic oxidation sites excluding steroid dienone is 2. The Morgan fingerprint density at radius 2 is 1.53 bits per heavy atom. The Balaban J connectivity index is 1.41. The van der Waals surface area contributed by atoms with Crippen LogP contribution >= 0.6 is 11.6 Å². The molecule has 5 aromatic rings. The molecule has 8 heteroatoms. The van der Waals surface area contributed by atoms with E-state index in [2.05, 4.69) is 18.7 Å². The van der Waals surface area contributed by atoms with Gasteiger partial charge in [-0.05, 0) is 67.3 Å². The molecule has 0 amide bonds. The van der Waals surface area contributed by atoms with Gasteiger partial charge in [0.05, 0.1) is 17.2 Å². The highest BCUT2D eigenvalue weighted by molar-refractivity contribution is 6.30. The van der Waals surface area contributed by atoms with Gasteiger partial charge in [0.1, 0.15) is 11.5 Å². The minimum absolute atomic E-state index is 0.0365. The number of aromatic nitrogens is 2. The predicted molar refractivity (Wildman–Crippen MR) is 184 cm³/mol. The number of carbonyl (C=O) groups excluding carboxylic acids is 1. The summed E-state index contributed by atoms with van der Waals surface area (Å²) in [4.78, 5) is 36.0. The summed E-state index contributed by atoms with van der Waals surface area (Å²) < 4.78 is 14.4. The number of ether oxygens (including phenoxy) is 2. The number of anilines is 1. The van der Waals surface area contributed by atoms with Crippen LogP contribution in [-0.4, -0.2) is 28.4 Å². The first-order valence-corrected chi connectivity index (χ1v) is 16.3. The zero-order chi connectivity index (χ0) is 32.5. The van der Waals surface area contributed by atoms with Crippen LogP contribution in [0.3, 0.4) is 0 Å². The first kappa shape index (κ1) is 30.5. The summed E-state index contributed by atoms with van der Waals surface area (Å²) in [7, 11) is 0. The normalized spacial score (nSPS) is 17.0. The van der Waals surface area contributed by atoms with Crippen LogP contribution < -0.4 is 19.9 Å². The molecule has 0 fully saturated rings. The molecule has 1 aliphatic carbocycles. The number of ketones is 1. The second-order valence-electron chi connectivity index (χ2n) is 11.7. The Morgan fingerprint density at radius 1 is 0.851 bits per heavy atom. The molecule has 1 aromatic heterocycles. The lowest BCUT2D eigenvalue weighted by atomic mass is 9.74. The maximum atomic E-state index is 14.8. The number of nitrogens with zero attached hydrogens (tertiary/aromatic N) is 3. The minimum Gasteiger partial charge on any atom is -0.442 e. The standard InChI is InChI=1S/C39H34ClN3O4/c1-3-42(4-2)30-16-11-17-31(24-30)46-39-41-37-36(38(45)43(39)29-20-18-28(40)19-21-29)34(26-14-9-6-10-15-26)35-32(44)22-27(23-33(35)47-37)25-12-7-5-8-13-25/h5-21,24,27,34H,3-4,22-23H2,1-2H3. The topological polar surface area (TPSA) is 73.7 Å². The van der Waals surface area contributed by atoms with Crippen LogP contribution in [0.2, 0.25) is 5.02 Å². The van der Waals surface area contributed by atoms with Crippen LogP contribution in [0.1, 0.15) is 55.2 Å². The van der Waals surface area contributed by atoms with Gasteiger partial charge in [-0.3, -0.25) is 9.59 Å².